The largest absolute Gasteiger partial charge is 0.493 e. The fourth-order valence-electron chi connectivity index (χ4n) is 3.43. The van der Waals surface area contributed by atoms with E-state index in [1.807, 2.05) is 6.07 Å². The van der Waals surface area contributed by atoms with Crippen LogP contribution in [0.5, 0.6) is 11.5 Å². The molecule has 8 heteroatoms. The van der Waals surface area contributed by atoms with Crippen molar-refractivity contribution in [2.75, 3.05) is 7.11 Å². The molecular formula is C26H21FN2O5. The highest BCUT2D eigenvalue weighted by molar-refractivity contribution is 6.30. The Morgan fingerprint density at radius 3 is 2.41 bits per heavy atom. The second kappa shape index (κ2) is 9.99. The first kappa shape index (κ1) is 22.7. The van der Waals surface area contributed by atoms with Crippen LogP contribution in [0.3, 0.4) is 0 Å². The maximum Gasteiger partial charge on any atom is 0.331 e. The maximum atomic E-state index is 13.9. The Morgan fingerprint density at radius 1 is 0.941 bits per heavy atom. The first-order valence-electron chi connectivity index (χ1n) is 10.4. The predicted octanol–water partition coefficient (Wildman–Crippen LogP) is 4.08. The van der Waals surface area contributed by atoms with E-state index in [-0.39, 0.29) is 24.5 Å². The number of benzene rings is 3. The van der Waals surface area contributed by atoms with Crippen LogP contribution in [0.1, 0.15) is 16.7 Å². The number of ether oxygens (including phenoxy) is 2. The van der Waals surface area contributed by atoms with E-state index in [4.69, 9.17) is 9.47 Å². The van der Waals surface area contributed by atoms with Crippen LogP contribution < -0.4 is 14.8 Å². The molecule has 1 fully saturated rings. The van der Waals surface area contributed by atoms with Gasteiger partial charge in [0, 0.05) is 5.56 Å². The van der Waals surface area contributed by atoms with Crippen molar-refractivity contribution in [2.24, 2.45) is 0 Å². The normalized spacial score (nSPS) is 14.8. The SMILES string of the molecule is COc1cc(/C=C2\C(=O)NC(=O)N(Cc3ccccc3)C2=O)ccc1OCc1ccccc1F. The van der Waals surface area contributed by atoms with Gasteiger partial charge in [0.1, 0.15) is 18.0 Å². The first-order valence-corrected chi connectivity index (χ1v) is 10.4. The fraction of sp³-hybridized carbons (Fsp3) is 0.115. The second-order valence-corrected chi connectivity index (χ2v) is 7.48. The molecule has 0 aliphatic carbocycles. The lowest BCUT2D eigenvalue weighted by Gasteiger charge is -2.26. The molecule has 0 saturated carbocycles. The topological polar surface area (TPSA) is 84.9 Å². The summed E-state index contributed by atoms with van der Waals surface area (Å²) >= 11 is 0. The zero-order valence-electron chi connectivity index (χ0n) is 18.3. The second-order valence-electron chi connectivity index (χ2n) is 7.48. The van der Waals surface area contributed by atoms with E-state index in [0.717, 1.165) is 10.5 Å². The Kier molecular flexibility index (Phi) is 6.68. The molecule has 3 aromatic carbocycles. The van der Waals surface area contributed by atoms with Crippen LogP contribution in [0, 0.1) is 5.82 Å². The number of halogens is 1. The molecule has 1 heterocycles. The van der Waals surface area contributed by atoms with Gasteiger partial charge in [0.2, 0.25) is 0 Å². The average Bonchev–Trinajstić information content (AvgIpc) is 2.85. The molecule has 1 N–H and O–H groups in total. The van der Waals surface area contributed by atoms with Crippen LogP contribution in [-0.2, 0) is 22.7 Å². The summed E-state index contributed by atoms with van der Waals surface area (Å²) in [4.78, 5) is 38.6. The molecular weight excluding hydrogens is 439 g/mol. The van der Waals surface area contributed by atoms with Crippen molar-refractivity contribution in [1.29, 1.82) is 0 Å². The van der Waals surface area contributed by atoms with Gasteiger partial charge in [0.05, 0.1) is 13.7 Å². The molecule has 0 atom stereocenters. The maximum absolute atomic E-state index is 13.9. The number of hydrogen-bond donors (Lipinski definition) is 1. The predicted molar refractivity (Wildman–Crippen MR) is 122 cm³/mol. The number of nitrogens with one attached hydrogen (secondary N) is 1. The van der Waals surface area contributed by atoms with Gasteiger partial charge in [-0.25, -0.2) is 9.18 Å². The molecule has 1 aliphatic rings. The van der Waals surface area contributed by atoms with Gasteiger partial charge in [-0.1, -0.05) is 54.6 Å². The summed E-state index contributed by atoms with van der Waals surface area (Å²) in [6, 6.07) is 19.3. The lowest BCUT2D eigenvalue weighted by molar-refractivity contribution is -0.130. The van der Waals surface area contributed by atoms with Crippen molar-refractivity contribution in [1.82, 2.24) is 10.2 Å². The molecule has 3 aromatic rings. The van der Waals surface area contributed by atoms with E-state index in [1.54, 1.807) is 60.7 Å². The Labute approximate surface area is 195 Å². The number of rotatable bonds is 7. The standard InChI is InChI=1S/C26H21FN2O5/c1-33-23-14-18(11-12-22(23)34-16-19-9-5-6-10-21(19)27)13-20-24(30)28-26(32)29(25(20)31)15-17-7-3-2-4-8-17/h2-14H,15-16H2,1H3,(H,28,30,32)/b20-13+. The zero-order chi connectivity index (χ0) is 24.1. The molecule has 4 amide bonds. The minimum Gasteiger partial charge on any atom is -0.493 e. The van der Waals surface area contributed by atoms with Gasteiger partial charge in [-0.05, 0) is 35.4 Å². The van der Waals surface area contributed by atoms with Gasteiger partial charge in [0.25, 0.3) is 11.8 Å². The summed E-state index contributed by atoms with van der Waals surface area (Å²) in [5, 5.41) is 2.20. The molecule has 0 aromatic heterocycles. The number of urea groups is 1. The highest BCUT2D eigenvalue weighted by Gasteiger charge is 2.35. The molecule has 7 nitrogen and oxygen atoms in total. The third-order valence-corrected chi connectivity index (χ3v) is 5.21. The van der Waals surface area contributed by atoms with E-state index in [2.05, 4.69) is 5.32 Å². The smallest absolute Gasteiger partial charge is 0.331 e. The lowest BCUT2D eigenvalue weighted by Crippen LogP contribution is -2.53. The minimum atomic E-state index is -0.779. The van der Waals surface area contributed by atoms with Crippen molar-refractivity contribution in [3.8, 4) is 11.5 Å². The molecule has 0 bridgehead atoms. The van der Waals surface area contributed by atoms with E-state index < -0.39 is 17.8 Å². The van der Waals surface area contributed by atoms with Crippen LogP contribution in [-0.4, -0.2) is 29.9 Å². The summed E-state index contributed by atoms with van der Waals surface area (Å²) < 4.78 is 24.9. The highest BCUT2D eigenvalue weighted by atomic mass is 19.1. The molecule has 0 radical (unpaired) electrons. The third-order valence-electron chi connectivity index (χ3n) is 5.21. The number of nitrogens with zero attached hydrogens (tertiary/aromatic N) is 1. The highest BCUT2D eigenvalue weighted by Crippen LogP contribution is 2.30. The average molecular weight is 460 g/mol. The van der Waals surface area contributed by atoms with Gasteiger partial charge >= 0.3 is 6.03 Å². The monoisotopic (exact) mass is 460 g/mol. The number of amides is 4. The van der Waals surface area contributed by atoms with E-state index in [0.29, 0.717) is 22.6 Å². The van der Waals surface area contributed by atoms with Crippen LogP contribution in [0.15, 0.2) is 78.4 Å². The Balaban J connectivity index is 1.55. The quantitative estimate of drug-likeness (QED) is 0.424. The molecule has 0 unspecified atom stereocenters. The van der Waals surface area contributed by atoms with Gasteiger partial charge in [-0.2, -0.15) is 0 Å². The van der Waals surface area contributed by atoms with Crippen molar-refractivity contribution in [3.05, 3.63) is 101 Å². The van der Waals surface area contributed by atoms with Gasteiger partial charge in [-0.15, -0.1) is 0 Å². The third kappa shape index (κ3) is 4.96. The first-order chi connectivity index (χ1) is 16.5. The number of barbiturate groups is 1. The number of methoxy groups -OCH3 is 1. The van der Waals surface area contributed by atoms with Crippen LogP contribution in [0.25, 0.3) is 6.08 Å². The summed E-state index contributed by atoms with van der Waals surface area (Å²) in [5.74, 6) is -1.14. The van der Waals surface area contributed by atoms with Gasteiger partial charge < -0.3 is 9.47 Å². The van der Waals surface area contributed by atoms with Crippen LogP contribution >= 0.6 is 0 Å². The van der Waals surface area contributed by atoms with Crippen molar-refractivity contribution in [3.63, 3.8) is 0 Å². The summed E-state index contributed by atoms with van der Waals surface area (Å²) in [6.07, 6.45) is 1.38. The van der Waals surface area contributed by atoms with Crippen molar-refractivity contribution in [2.45, 2.75) is 13.2 Å². The number of imide groups is 2. The number of carbonyl (C=O) groups excluding carboxylic acids is 3. The summed E-state index contributed by atoms with van der Waals surface area (Å²) in [6.45, 7) is 0.0309. The Bertz CT molecular complexity index is 1270. The summed E-state index contributed by atoms with van der Waals surface area (Å²) in [7, 11) is 1.45. The molecule has 4 rings (SSSR count). The minimum absolute atomic E-state index is 0.000911. The number of hydrogen-bond acceptors (Lipinski definition) is 5. The lowest BCUT2D eigenvalue weighted by atomic mass is 10.1. The van der Waals surface area contributed by atoms with Crippen LogP contribution in [0.4, 0.5) is 9.18 Å². The van der Waals surface area contributed by atoms with Crippen LogP contribution in [0.2, 0.25) is 0 Å². The van der Waals surface area contributed by atoms with E-state index >= 15 is 0 Å². The molecule has 1 aliphatic heterocycles. The zero-order valence-corrected chi connectivity index (χ0v) is 18.3. The van der Waals surface area contributed by atoms with E-state index in [9.17, 15) is 18.8 Å². The van der Waals surface area contributed by atoms with Gasteiger partial charge in [-0.3, -0.25) is 19.8 Å². The van der Waals surface area contributed by atoms with E-state index in [1.165, 1.54) is 19.3 Å². The Morgan fingerprint density at radius 2 is 1.68 bits per heavy atom. The molecule has 34 heavy (non-hydrogen) atoms. The fourth-order valence-corrected chi connectivity index (χ4v) is 3.43. The molecule has 1 saturated heterocycles. The van der Waals surface area contributed by atoms with Crippen molar-refractivity contribution >= 4 is 23.9 Å². The Hall–Kier alpha value is -4.46. The van der Waals surface area contributed by atoms with Gasteiger partial charge in [0.15, 0.2) is 11.5 Å². The number of carbonyl (C=O) groups is 3. The molecule has 172 valence electrons. The summed E-state index contributed by atoms with van der Waals surface area (Å²) in [5.41, 5.74) is 1.45. The molecule has 0 spiro atoms. The van der Waals surface area contributed by atoms with Crippen molar-refractivity contribution < 1.29 is 28.2 Å².